The number of likely N-dealkylation sites (tertiary alicyclic amines) is 1. The van der Waals surface area contributed by atoms with E-state index in [0.29, 0.717) is 26.1 Å². The molecule has 4 rings (SSSR count). The van der Waals surface area contributed by atoms with Crippen molar-refractivity contribution in [3.63, 3.8) is 0 Å². The number of hydrogen-bond acceptors (Lipinski definition) is 4. The highest BCUT2D eigenvalue weighted by molar-refractivity contribution is 5.89. The largest absolute Gasteiger partial charge is 0.372 e. The highest BCUT2D eigenvalue weighted by Gasteiger charge is 2.33. The Kier molecular flexibility index (Phi) is 7.87. The molecular formula is C27H36N4O2. The fourth-order valence-corrected chi connectivity index (χ4v) is 4.72. The van der Waals surface area contributed by atoms with E-state index >= 15 is 0 Å². The SMILES string of the molecule is CCN1CC(C(=O)NCc2ccc(Nc3ccc(N4CCCCCCC4)cc3)cc2)CC1=O. The van der Waals surface area contributed by atoms with E-state index in [4.69, 9.17) is 0 Å². The summed E-state index contributed by atoms with van der Waals surface area (Å²) in [5.41, 5.74) is 4.43. The van der Waals surface area contributed by atoms with Gasteiger partial charge in [-0.1, -0.05) is 31.4 Å². The molecule has 2 aromatic carbocycles. The highest BCUT2D eigenvalue weighted by atomic mass is 16.2. The summed E-state index contributed by atoms with van der Waals surface area (Å²) in [5.74, 6) is -0.204. The van der Waals surface area contributed by atoms with Gasteiger partial charge in [0.15, 0.2) is 0 Å². The van der Waals surface area contributed by atoms with Crippen molar-refractivity contribution in [1.82, 2.24) is 10.2 Å². The van der Waals surface area contributed by atoms with Crippen LogP contribution in [-0.4, -0.2) is 42.9 Å². The molecule has 0 aliphatic carbocycles. The summed E-state index contributed by atoms with van der Waals surface area (Å²) in [4.78, 5) is 28.5. The predicted octanol–water partition coefficient (Wildman–Crippen LogP) is 4.69. The van der Waals surface area contributed by atoms with Crippen LogP contribution in [0.15, 0.2) is 48.5 Å². The predicted molar refractivity (Wildman–Crippen MR) is 134 cm³/mol. The molecule has 1 unspecified atom stereocenters. The Hall–Kier alpha value is -3.02. The van der Waals surface area contributed by atoms with Crippen LogP contribution in [0.4, 0.5) is 17.1 Å². The Morgan fingerprint density at radius 3 is 2.12 bits per heavy atom. The van der Waals surface area contributed by atoms with Crippen molar-refractivity contribution in [3.8, 4) is 0 Å². The molecule has 0 bridgehead atoms. The molecule has 2 fully saturated rings. The number of carbonyl (C=O) groups is 2. The number of benzene rings is 2. The lowest BCUT2D eigenvalue weighted by molar-refractivity contribution is -0.128. The maximum absolute atomic E-state index is 12.4. The van der Waals surface area contributed by atoms with Gasteiger partial charge in [-0.05, 0) is 61.7 Å². The van der Waals surface area contributed by atoms with Gasteiger partial charge >= 0.3 is 0 Å². The molecule has 0 spiro atoms. The van der Waals surface area contributed by atoms with Crippen molar-refractivity contribution in [2.75, 3.05) is 36.4 Å². The molecule has 0 saturated carbocycles. The van der Waals surface area contributed by atoms with Crippen LogP contribution in [0, 0.1) is 5.92 Å². The third-order valence-corrected chi connectivity index (χ3v) is 6.76. The van der Waals surface area contributed by atoms with Crippen molar-refractivity contribution in [2.24, 2.45) is 5.92 Å². The maximum atomic E-state index is 12.4. The van der Waals surface area contributed by atoms with Crippen molar-refractivity contribution >= 4 is 28.9 Å². The van der Waals surface area contributed by atoms with Crippen LogP contribution in [-0.2, 0) is 16.1 Å². The Bertz CT molecular complexity index is 918. The molecule has 2 aliphatic rings. The van der Waals surface area contributed by atoms with Crippen molar-refractivity contribution in [3.05, 3.63) is 54.1 Å². The monoisotopic (exact) mass is 448 g/mol. The molecule has 2 saturated heterocycles. The van der Waals surface area contributed by atoms with E-state index in [1.807, 2.05) is 31.2 Å². The van der Waals surface area contributed by atoms with Gasteiger partial charge < -0.3 is 20.4 Å². The minimum absolute atomic E-state index is 0.0402. The molecule has 0 radical (unpaired) electrons. The van der Waals surface area contributed by atoms with Crippen molar-refractivity contribution < 1.29 is 9.59 Å². The topological polar surface area (TPSA) is 64.7 Å². The van der Waals surface area contributed by atoms with Crippen LogP contribution in [0.2, 0.25) is 0 Å². The van der Waals surface area contributed by atoms with Crippen LogP contribution in [0.5, 0.6) is 0 Å². The normalized spacial score (nSPS) is 19.2. The quantitative estimate of drug-likeness (QED) is 0.645. The van der Waals surface area contributed by atoms with Crippen LogP contribution in [0.3, 0.4) is 0 Å². The third-order valence-electron chi connectivity index (χ3n) is 6.76. The van der Waals surface area contributed by atoms with Crippen LogP contribution < -0.4 is 15.5 Å². The van der Waals surface area contributed by atoms with E-state index in [-0.39, 0.29) is 17.7 Å². The smallest absolute Gasteiger partial charge is 0.225 e. The summed E-state index contributed by atoms with van der Waals surface area (Å²) in [6, 6.07) is 16.8. The van der Waals surface area contributed by atoms with Gasteiger partial charge in [0.05, 0.1) is 5.92 Å². The first-order valence-corrected chi connectivity index (χ1v) is 12.4. The second kappa shape index (κ2) is 11.2. The van der Waals surface area contributed by atoms with Crippen LogP contribution in [0.25, 0.3) is 0 Å². The zero-order chi connectivity index (χ0) is 23.0. The fourth-order valence-electron chi connectivity index (χ4n) is 4.72. The Balaban J connectivity index is 1.26. The molecule has 1 atom stereocenters. The summed E-state index contributed by atoms with van der Waals surface area (Å²) < 4.78 is 0. The number of nitrogens with one attached hydrogen (secondary N) is 2. The van der Waals surface area contributed by atoms with Gasteiger partial charge in [0.25, 0.3) is 0 Å². The number of amides is 2. The first kappa shape index (κ1) is 23.1. The second-order valence-corrected chi connectivity index (χ2v) is 9.17. The number of nitrogens with zero attached hydrogens (tertiary/aromatic N) is 2. The molecule has 0 aromatic heterocycles. The minimum atomic E-state index is -0.236. The Labute approximate surface area is 197 Å². The van der Waals surface area contributed by atoms with Gasteiger partial charge in [0, 0.05) is 56.2 Å². The van der Waals surface area contributed by atoms with Gasteiger partial charge in [-0.2, -0.15) is 0 Å². The van der Waals surface area contributed by atoms with Gasteiger partial charge in [0.2, 0.25) is 11.8 Å². The van der Waals surface area contributed by atoms with E-state index in [1.165, 1.54) is 37.8 Å². The summed E-state index contributed by atoms with van der Waals surface area (Å²) in [7, 11) is 0. The second-order valence-electron chi connectivity index (χ2n) is 9.17. The minimum Gasteiger partial charge on any atom is -0.372 e. The van der Waals surface area contributed by atoms with E-state index < -0.39 is 0 Å². The van der Waals surface area contributed by atoms with E-state index in [2.05, 4.69) is 39.8 Å². The summed E-state index contributed by atoms with van der Waals surface area (Å²) in [6.45, 7) is 5.91. The summed E-state index contributed by atoms with van der Waals surface area (Å²) >= 11 is 0. The van der Waals surface area contributed by atoms with Gasteiger partial charge in [-0.15, -0.1) is 0 Å². The molecule has 176 valence electrons. The third kappa shape index (κ3) is 6.28. The zero-order valence-corrected chi connectivity index (χ0v) is 19.7. The number of hydrogen-bond donors (Lipinski definition) is 2. The summed E-state index contributed by atoms with van der Waals surface area (Å²) in [5, 5.41) is 6.44. The molecule has 2 aromatic rings. The molecule has 2 aliphatic heterocycles. The first-order chi connectivity index (χ1) is 16.1. The fraction of sp³-hybridized carbons (Fsp3) is 0.481. The van der Waals surface area contributed by atoms with E-state index in [1.54, 1.807) is 4.90 Å². The molecule has 6 heteroatoms. The average molecular weight is 449 g/mol. The zero-order valence-electron chi connectivity index (χ0n) is 19.7. The molecular weight excluding hydrogens is 412 g/mol. The van der Waals surface area contributed by atoms with Crippen molar-refractivity contribution in [2.45, 2.75) is 52.0 Å². The Morgan fingerprint density at radius 2 is 1.52 bits per heavy atom. The van der Waals surface area contributed by atoms with Crippen molar-refractivity contribution in [1.29, 1.82) is 0 Å². The highest BCUT2D eigenvalue weighted by Crippen LogP contribution is 2.24. The number of rotatable bonds is 7. The van der Waals surface area contributed by atoms with Gasteiger partial charge in [0.1, 0.15) is 0 Å². The van der Waals surface area contributed by atoms with Crippen LogP contribution in [0.1, 0.15) is 51.0 Å². The lowest BCUT2D eigenvalue weighted by atomic mass is 10.1. The molecule has 6 nitrogen and oxygen atoms in total. The molecule has 2 N–H and O–H groups in total. The van der Waals surface area contributed by atoms with E-state index in [9.17, 15) is 9.59 Å². The van der Waals surface area contributed by atoms with Gasteiger partial charge in [-0.25, -0.2) is 0 Å². The standard InChI is InChI=1S/C27H36N4O2/c1-2-30-20-22(18-26(30)32)27(33)28-19-21-8-10-23(11-9-21)29-24-12-14-25(15-13-24)31-16-6-4-3-5-7-17-31/h8-15,22,29H,2-7,16-20H2,1H3,(H,28,33). The maximum Gasteiger partial charge on any atom is 0.225 e. The number of carbonyl (C=O) groups excluding carboxylic acids is 2. The van der Waals surface area contributed by atoms with Gasteiger partial charge in [-0.3, -0.25) is 9.59 Å². The molecule has 33 heavy (non-hydrogen) atoms. The summed E-state index contributed by atoms with van der Waals surface area (Å²) in [6.07, 6.45) is 6.94. The average Bonchev–Trinajstić information content (AvgIpc) is 3.20. The molecule has 2 amide bonds. The molecule has 2 heterocycles. The Morgan fingerprint density at radius 1 is 0.909 bits per heavy atom. The number of anilines is 3. The first-order valence-electron chi connectivity index (χ1n) is 12.4. The van der Waals surface area contributed by atoms with Crippen LogP contribution >= 0.6 is 0 Å². The lowest BCUT2D eigenvalue weighted by Gasteiger charge is -2.27. The van der Waals surface area contributed by atoms with E-state index in [0.717, 1.165) is 30.0 Å². The lowest BCUT2D eigenvalue weighted by Crippen LogP contribution is -2.32.